The fraction of sp³-hybridized carbons (Fsp3) is 0.538. The minimum atomic E-state index is 0.474. The predicted molar refractivity (Wildman–Crippen MR) is 65.7 cm³/mol. The Balaban J connectivity index is 3.18. The molecule has 2 N–H and O–H groups in total. The third-order valence-electron chi connectivity index (χ3n) is 2.79. The van der Waals surface area contributed by atoms with Crippen LogP contribution in [0.15, 0.2) is 12.1 Å². The molecule has 0 bridgehead atoms. The van der Waals surface area contributed by atoms with Gasteiger partial charge in [0.15, 0.2) is 0 Å². The molecule has 1 aromatic rings. The van der Waals surface area contributed by atoms with Crippen molar-refractivity contribution in [3.63, 3.8) is 0 Å². The molecule has 90 valence electrons. The van der Waals surface area contributed by atoms with E-state index in [0.29, 0.717) is 12.5 Å². The molecule has 0 heterocycles. The largest absolute Gasteiger partial charge is 0.496 e. The van der Waals surface area contributed by atoms with E-state index in [1.807, 2.05) is 0 Å². The van der Waals surface area contributed by atoms with E-state index in [2.05, 4.69) is 37.7 Å². The molecule has 0 amide bonds. The van der Waals surface area contributed by atoms with Crippen LogP contribution in [0.5, 0.6) is 5.75 Å². The molecule has 0 aliphatic heterocycles. The van der Waals surface area contributed by atoms with E-state index in [1.54, 1.807) is 7.11 Å². The first-order valence-corrected chi connectivity index (χ1v) is 5.59. The zero-order valence-electron chi connectivity index (χ0n) is 10.5. The number of aryl methyl sites for hydroxylation is 1. The maximum Gasteiger partial charge on any atom is 0.125 e. The fourth-order valence-electron chi connectivity index (χ4n) is 2.00. The third-order valence-corrected chi connectivity index (χ3v) is 2.79. The van der Waals surface area contributed by atoms with Gasteiger partial charge in [0.05, 0.1) is 13.7 Å². The maximum atomic E-state index is 5.47. The van der Waals surface area contributed by atoms with E-state index in [1.165, 1.54) is 11.1 Å². The lowest BCUT2D eigenvalue weighted by Gasteiger charge is -2.18. The van der Waals surface area contributed by atoms with Gasteiger partial charge >= 0.3 is 0 Å². The van der Waals surface area contributed by atoms with E-state index in [-0.39, 0.29) is 0 Å². The van der Waals surface area contributed by atoms with E-state index in [4.69, 9.17) is 10.6 Å². The summed E-state index contributed by atoms with van der Waals surface area (Å²) >= 11 is 0. The minimum absolute atomic E-state index is 0.474. The molecular weight excluding hydrogens is 202 g/mol. The molecular formula is C13H21NO2. The van der Waals surface area contributed by atoms with Crippen molar-refractivity contribution in [2.75, 3.05) is 13.7 Å². The van der Waals surface area contributed by atoms with Crippen molar-refractivity contribution in [3.8, 4) is 5.75 Å². The minimum Gasteiger partial charge on any atom is -0.496 e. The van der Waals surface area contributed by atoms with Crippen molar-refractivity contribution in [2.45, 2.75) is 33.1 Å². The molecule has 0 aliphatic carbocycles. The summed E-state index contributed by atoms with van der Waals surface area (Å²) in [5.74, 6) is 6.53. The first kappa shape index (κ1) is 13.0. The van der Waals surface area contributed by atoms with E-state index in [9.17, 15) is 0 Å². The average Bonchev–Trinajstić information content (AvgIpc) is 2.25. The van der Waals surface area contributed by atoms with Gasteiger partial charge in [0.1, 0.15) is 5.75 Å². The van der Waals surface area contributed by atoms with Gasteiger partial charge in [-0.2, -0.15) is 0 Å². The van der Waals surface area contributed by atoms with Crippen molar-refractivity contribution >= 4 is 0 Å². The van der Waals surface area contributed by atoms with Crippen LogP contribution in [0.4, 0.5) is 0 Å². The molecule has 0 saturated carbocycles. The summed E-state index contributed by atoms with van der Waals surface area (Å²) in [4.78, 5) is 4.66. The van der Waals surface area contributed by atoms with Crippen LogP contribution in [-0.2, 0) is 11.3 Å². The highest BCUT2D eigenvalue weighted by Gasteiger charge is 2.13. The van der Waals surface area contributed by atoms with Crippen LogP contribution in [-0.4, -0.2) is 13.7 Å². The smallest absolute Gasteiger partial charge is 0.125 e. The van der Waals surface area contributed by atoms with Crippen LogP contribution < -0.4 is 10.6 Å². The molecule has 0 aliphatic rings. The van der Waals surface area contributed by atoms with Crippen molar-refractivity contribution in [1.29, 1.82) is 0 Å². The Kier molecular flexibility index (Phi) is 4.77. The van der Waals surface area contributed by atoms with Crippen molar-refractivity contribution in [3.05, 3.63) is 28.8 Å². The van der Waals surface area contributed by atoms with Gasteiger partial charge in [0.25, 0.3) is 0 Å². The number of hydrogen-bond acceptors (Lipinski definition) is 3. The molecule has 0 aromatic heterocycles. The van der Waals surface area contributed by atoms with Gasteiger partial charge in [0, 0.05) is 12.0 Å². The highest BCUT2D eigenvalue weighted by Crippen LogP contribution is 2.31. The lowest BCUT2D eigenvalue weighted by molar-refractivity contribution is 0.140. The van der Waals surface area contributed by atoms with Gasteiger partial charge in [-0.05, 0) is 24.0 Å². The quantitative estimate of drug-likeness (QED) is 0.780. The maximum absolute atomic E-state index is 5.47. The second-order valence-corrected chi connectivity index (χ2v) is 4.26. The van der Waals surface area contributed by atoms with Gasteiger partial charge in [-0.25, -0.2) is 5.90 Å². The Morgan fingerprint density at radius 2 is 2.00 bits per heavy atom. The predicted octanol–water partition coefficient (Wildman–Crippen LogP) is 2.56. The summed E-state index contributed by atoms with van der Waals surface area (Å²) in [7, 11) is 1.71. The van der Waals surface area contributed by atoms with Crippen LogP contribution in [0.25, 0.3) is 0 Å². The lowest BCUT2D eigenvalue weighted by Crippen LogP contribution is -2.08. The standard InChI is InChI=1S/C13H21NO2/c1-9(2)11-6-5-10(3)13(15-4)12(11)7-8-16-14/h5-6,9H,7-8,14H2,1-4H3. The van der Waals surface area contributed by atoms with Gasteiger partial charge in [-0.1, -0.05) is 26.0 Å². The lowest BCUT2D eigenvalue weighted by atomic mass is 9.93. The molecule has 16 heavy (non-hydrogen) atoms. The van der Waals surface area contributed by atoms with E-state index < -0.39 is 0 Å². The van der Waals surface area contributed by atoms with Crippen LogP contribution >= 0.6 is 0 Å². The van der Waals surface area contributed by atoms with Crippen molar-refractivity contribution in [1.82, 2.24) is 0 Å². The zero-order chi connectivity index (χ0) is 12.1. The highest BCUT2D eigenvalue weighted by molar-refractivity contribution is 5.47. The van der Waals surface area contributed by atoms with Gasteiger partial charge in [0.2, 0.25) is 0 Å². The fourth-order valence-corrected chi connectivity index (χ4v) is 2.00. The Labute approximate surface area is 97.5 Å². The monoisotopic (exact) mass is 223 g/mol. The third kappa shape index (κ3) is 2.74. The molecule has 0 unspecified atom stereocenters. The molecule has 0 spiro atoms. The van der Waals surface area contributed by atoms with Crippen molar-refractivity contribution < 1.29 is 9.57 Å². The topological polar surface area (TPSA) is 44.5 Å². The number of rotatable bonds is 5. The van der Waals surface area contributed by atoms with Crippen LogP contribution in [0.2, 0.25) is 0 Å². The SMILES string of the molecule is COc1c(C)ccc(C(C)C)c1CCON. The number of methoxy groups -OCH3 is 1. The number of benzene rings is 1. The second kappa shape index (κ2) is 5.87. The first-order valence-electron chi connectivity index (χ1n) is 5.59. The molecule has 0 radical (unpaired) electrons. The normalized spacial score (nSPS) is 10.9. The number of ether oxygens (including phenoxy) is 1. The Morgan fingerprint density at radius 1 is 1.31 bits per heavy atom. The Bertz CT molecular complexity index is 348. The molecule has 0 fully saturated rings. The summed E-state index contributed by atoms with van der Waals surface area (Å²) in [6.07, 6.45) is 0.787. The summed E-state index contributed by atoms with van der Waals surface area (Å²) in [6.45, 7) is 6.92. The highest BCUT2D eigenvalue weighted by atomic mass is 16.6. The second-order valence-electron chi connectivity index (χ2n) is 4.26. The molecule has 3 heteroatoms. The van der Waals surface area contributed by atoms with Gasteiger partial charge in [-0.3, -0.25) is 0 Å². The van der Waals surface area contributed by atoms with Crippen LogP contribution in [0, 0.1) is 6.92 Å². The average molecular weight is 223 g/mol. The molecule has 1 aromatic carbocycles. The number of nitrogens with two attached hydrogens (primary N) is 1. The number of hydrogen-bond donors (Lipinski definition) is 1. The van der Waals surface area contributed by atoms with E-state index >= 15 is 0 Å². The zero-order valence-corrected chi connectivity index (χ0v) is 10.5. The summed E-state index contributed by atoms with van der Waals surface area (Å²) in [5, 5.41) is 0. The molecule has 0 saturated heterocycles. The Morgan fingerprint density at radius 3 is 2.50 bits per heavy atom. The van der Waals surface area contributed by atoms with Crippen LogP contribution in [0.1, 0.15) is 36.5 Å². The molecule has 3 nitrogen and oxygen atoms in total. The Hall–Kier alpha value is -1.06. The summed E-state index contributed by atoms with van der Waals surface area (Å²) in [6, 6.07) is 4.26. The summed E-state index contributed by atoms with van der Waals surface area (Å²) < 4.78 is 5.47. The van der Waals surface area contributed by atoms with E-state index in [0.717, 1.165) is 17.7 Å². The molecule has 1 rings (SSSR count). The van der Waals surface area contributed by atoms with Gasteiger partial charge < -0.3 is 9.57 Å². The van der Waals surface area contributed by atoms with Crippen LogP contribution in [0.3, 0.4) is 0 Å². The first-order chi connectivity index (χ1) is 7.61. The summed E-state index contributed by atoms with van der Waals surface area (Å²) in [5.41, 5.74) is 3.67. The molecule has 0 atom stereocenters. The van der Waals surface area contributed by atoms with Crippen molar-refractivity contribution in [2.24, 2.45) is 5.90 Å². The van der Waals surface area contributed by atoms with Gasteiger partial charge in [-0.15, -0.1) is 0 Å².